The van der Waals surface area contributed by atoms with E-state index in [2.05, 4.69) is 22.3 Å². The fourth-order valence-corrected chi connectivity index (χ4v) is 2.76. The zero-order chi connectivity index (χ0) is 17.4. The van der Waals surface area contributed by atoms with E-state index in [9.17, 15) is 9.59 Å². The Balaban J connectivity index is 1.75. The maximum atomic E-state index is 12.3. The lowest BCUT2D eigenvalue weighted by Crippen LogP contribution is -2.40. The molecule has 0 saturated carbocycles. The Hall–Kier alpha value is -2.08. The van der Waals surface area contributed by atoms with Gasteiger partial charge in [0.15, 0.2) is 0 Å². The lowest BCUT2D eigenvalue weighted by Gasteiger charge is -2.27. The number of ether oxygens (including phenoxy) is 2. The molecule has 1 aromatic carbocycles. The molecule has 0 radical (unpaired) electrons. The van der Waals surface area contributed by atoms with Gasteiger partial charge in [-0.15, -0.1) is 0 Å². The van der Waals surface area contributed by atoms with Crippen LogP contribution in [0.5, 0.6) is 5.75 Å². The average molecular weight is 334 g/mol. The molecule has 1 aliphatic heterocycles. The minimum atomic E-state index is -0.233. The summed E-state index contributed by atoms with van der Waals surface area (Å²) in [5.74, 6) is 0.628. The predicted octanol–water partition coefficient (Wildman–Crippen LogP) is 2.35. The van der Waals surface area contributed by atoms with Crippen LogP contribution in [-0.4, -0.2) is 38.2 Å². The van der Waals surface area contributed by atoms with Crippen molar-refractivity contribution in [3.05, 3.63) is 24.3 Å². The largest absolute Gasteiger partial charge is 0.494 e. The van der Waals surface area contributed by atoms with Crippen LogP contribution in [-0.2, 0) is 14.3 Å². The van der Waals surface area contributed by atoms with E-state index in [-0.39, 0.29) is 17.8 Å². The number of hydrogen-bond acceptors (Lipinski definition) is 5. The highest BCUT2D eigenvalue weighted by Gasteiger charge is 2.24. The van der Waals surface area contributed by atoms with Crippen molar-refractivity contribution in [2.24, 2.45) is 5.92 Å². The van der Waals surface area contributed by atoms with E-state index in [0.29, 0.717) is 31.2 Å². The Morgan fingerprint density at radius 3 is 2.71 bits per heavy atom. The molecule has 1 amide bonds. The second-order valence-electron chi connectivity index (χ2n) is 6.12. The van der Waals surface area contributed by atoms with Crippen molar-refractivity contribution in [1.82, 2.24) is 5.32 Å². The van der Waals surface area contributed by atoms with Crippen molar-refractivity contribution in [2.45, 2.75) is 38.6 Å². The minimum absolute atomic E-state index is 0.0653. The molecule has 1 aliphatic rings. The summed E-state index contributed by atoms with van der Waals surface area (Å²) in [6.07, 6.45) is 2.70. The van der Waals surface area contributed by atoms with E-state index >= 15 is 0 Å². The lowest BCUT2D eigenvalue weighted by molar-refractivity contribution is -0.140. The molecular formula is C18H26N2O4. The van der Waals surface area contributed by atoms with Gasteiger partial charge in [-0.25, -0.2) is 0 Å². The number of esters is 1. The molecule has 2 N–H and O–H groups in total. The van der Waals surface area contributed by atoms with Gasteiger partial charge in [-0.05, 0) is 57.0 Å². The first kappa shape index (κ1) is 18.3. The molecule has 0 aromatic heterocycles. The molecule has 1 saturated heterocycles. The number of carbonyl (C=O) groups excluding carboxylic acids is 2. The van der Waals surface area contributed by atoms with Crippen molar-refractivity contribution in [3.8, 4) is 5.75 Å². The van der Waals surface area contributed by atoms with Crippen LogP contribution in [0.25, 0.3) is 0 Å². The second-order valence-corrected chi connectivity index (χ2v) is 6.12. The fraction of sp³-hybridized carbons (Fsp3) is 0.556. The van der Waals surface area contributed by atoms with E-state index < -0.39 is 0 Å². The summed E-state index contributed by atoms with van der Waals surface area (Å²) in [4.78, 5) is 23.3. The molecule has 1 aromatic rings. The Bertz CT molecular complexity index is 544. The molecule has 0 unspecified atom stereocenters. The van der Waals surface area contributed by atoms with Gasteiger partial charge >= 0.3 is 5.97 Å². The molecule has 2 atom stereocenters. The highest BCUT2D eigenvalue weighted by Crippen LogP contribution is 2.20. The van der Waals surface area contributed by atoms with E-state index in [4.69, 9.17) is 4.74 Å². The third-order valence-corrected chi connectivity index (χ3v) is 4.14. The molecular weight excluding hydrogens is 308 g/mol. The molecule has 0 bridgehead atoms. The average Bonchev–Trinajstić information content (AvgIpc) is 2.59. The molecule has 6 heteroatoms. The van der Waals surface area contributed by atoms with Gasteiger partial charge in [0.25, 0.3) is 0 Å². The Kier molecular flexibility index (Phi) is 7.06. The summed E-state index contributed by atoms with van der Waals surface area (Å²) in [5.41, 5.74) is 0.771. The summed E-state index contributed by atoms with van der Waals surface area (Å²) in [7, 11) is 1.38. The third-order valence-electron chi connectivity index (χ3n) is 4.14. The van der Waals surface area contributed by atoms with Gasteiger partial charge < -0.3 is 20.1 Å². The van der Waals surface area contributed by atoms with Crippen molar-refractivity contribution in [2.75, 3.05) is 25.6 Å². The van der Waals surface area contributed by atoms with Gasteiger partial charge in [-0.3, -0.25) is 9.59 Å². The van der Waals surface area contributed by atoms with Crippen LogP contribution in [0.2, 0.25) is 0 Å². The number of anilines is 1. The highest BCUT2D eigenvalue weighted by molar-refractivity contribution is 5.92. The van der Waals surface area contributed by atoms with Gasteiger partial charge in [0.05, 0.1) is 13.7 Å². The monoisotopic (exact) mass is 334 g/mol. The highest BCUT2D eigenvalue weighted by atomic mass is 16.5. The van der Waals surface area contributed by atoms with E-state index in [1.165, 1.54) is 7.11 Å². The quantitative estimate of drug-likeness (QED) is 0.591. The minimum Gasteiger partial charge on any atom is -0.494 e. The van der Waals surface area contributed by atoms with Crippen molar-refractivity contribution in [3.63, 3.8) is 0 Å². The van der Waals surface area contributed by atoms with E-state index in [1.807, 2.05) is 24.3 Å². The summed E-state index contributed by atoms with van der Waals surface area (Å²) in [5, 5.41) is 6.31. The van der Waals surface area contributed by atoms with Gasteiger partial charge in [0.2, 0.25) is 5.91 Å². The molecule has 1 heterocycles. The fourth-order valence-electron chi connectivity index (χ4n) is 2.76. The first-order valence-corrected chi connectivity index (χ1v) is 8.42. The molecule has 2 rings (SSSR count). The SMILES string of the molecule is COC(=O)CCCOc1ccc(NC(=O)[C@H]2CCN[C@@H](C)C2)cc1. The molecule has 1 fully saturated rings. The lowest BCUT2D eigenvalue weighted by atomic mass is 9.92. The number of amides is 1. The molecule has 132 valence electrons. The number of rotatable bonds is 7. The van der Waals surface area contributed by atoms with Gasteiger partial charge in [-0.1, -0.05) is 0 Å². The summed E-state index contributed by atoms with van der Waals surface area (Å²) in [6, 6.07) is 7.68. The zero-order valence-corrected chi connectivity index (χ0v) is 14.3. The van der Waals surface area contributed by atoms with E-state index in [1.54, 1.807) is 0 Å². The van der Waals surface area contributed by atoms with Crippen LogP contribution in [0.15, 0.2) is 24.3 Å². The number of nitrogens with one attached hydrogen (secondary N) is 2. The number of methoxy groups -OCH3 is 1. The number of carbonyl (C=O) groups is 2. The summed E-state index contributed by atoms with van der Waals surface area (Å²) >= 11 is 0. The van der Waals surface area contributed by atoms with Crippen molar-refractivity contribution >= 4 is 17.6 Å². The Labute approximate surface area is 142 Å². The maximum Gasteiger partial charge on any atom is 0.305 e. The van der Waals surface area contributed by atoms with Gasteiger partial charge in [-0.2, -0.15) is 0 Å². The first-order chi connectivity index (χ1) is 11.6. The smallest absolute Gasteiger partial charge is 0.305 e. The zero-order valence-electron chi connectivity index (χ0n) is 14.3. The number of hydrogen-bond donors (Lipinski definition) is 2. The van der Waals surface area contributed by atoms with Crippen LogP contribution in [0.1, 0.15) is 32.6 Å². The van der Waals surface area contributed by atoms with Crippen LogP contribution in [0.4, 0.5) is 5.69 Å². The van der Waals surface area contributed by atoms with Crippen LogP contribution >= 0.6 is 0 Å². The van der Waals surface area contributed by atoms with Crippen LogP contribution < -0.4 is 15.4 Å². The van der Waals surface area contributed by atoms with Crippen LogP contribution in [0.3, 0.4) is 0 Å². The first-order valence-electron chi connectivity index (χ1n) is 8.42. The second kappa shape index (κ2) is 9.27. The summed E-state index contributed by atoms with van der Waals surface area (Å²) < 4.78 is 10.1. The molecule has 0 spiro atoms. The number of benzene rings is 1. The Morgan fingerprint density at radius 2 is 2.04 bits per heavy atom. The summed E-state index contributed by atoms with van der Waals surface area (Å²) in [6.45, 7) is 3.44. The van der Waals surface area contributed by atoms with Gasteiger partial charge in [0.1, 0.15) is 5.75 Å². The van der Waals surface area contributed by atoms with Crippen LogP contribution in [0, 0.1) is 5.92 Å². The molecule has 6 nitrogen and oxygen atoms in total. The normalized spacial score (nSPS) is 20.2. The standard InChI is InChI=1S/C18H26N2O4/c1-13-12-14(9-10-19-13)18(22)20-15-5-7-16(8-6-15)24-11-3-4-17(21)23-2/h5-8,13-14,19H,3-4,9-12H2,1-2H3,(H,20,22)/t13-,14-/m0/s1. The number of piperidine rings is 1. The van der Waals surface area contributed by atoms with Crippen molar-refractivity contribution < 1.29 is 19.1 Å². The van der Waals surface area contributed by atoms with Gasteiger partial charge in [0, 0.05) is 24.1 Å². The topological polar surface area (TPSA) is 76.7 Å². The van der Waals surface area contributed by atoms with E-state index in [0.717, 1.165) is 25.1 Å². The molecule has 24 heavy (non-hydrogen) atoms. The molecule has 0 aliphatic carbocycles. The van der Waals surface area contributed by atoms with Crippen molar-refractivity contribution in [1.29, 1.82) is 0 Å². The predicted molar refractivity (Wildman–Crippen MR) is 92.0 cm³/mol. The maximum absolute atomic E-state index is 12.3. The third kappa shape index (κ3) is 5.85. The Morgan fingerprint density at radius 1 is 1.29 bits per heavy atom.